The van der Waals surface area contributed by atoms with Crippen LogP contribution in [0.3, 0.4) is 0 Å². The van der Waals surface area contributed by atoms with Gasteiger partial charge < -0.3 is 9.84 Å². The van der Waals surface area contributed by atoms with E-state index in [0.29, 0.717) is 0 Å². The molecule has 15 heavy (non-hydrogen) atoms. The number of ether oxygens (including phenoxy) is 1. The molecule has 0 fully saturated rings. The molecule has 0 heterocycles. The predicted octanol–water partition coefficient (Wildman–Crippen LogP) is 2.87. The van der Waals surface area contributed by atoms with Crippen LogP contribution in [0.2, 0.25) is 0 Å². The van der Waals surface area contributed by atoms with Crippen molar-refractivity contribution < 1.29 is 18.6 Å². The lowest BCUT2D eigenvalue weighted by molar-refractivity contribution is -0.0434. The van der Waals surface area contributed by atoms with Gasteiger partial charge in [0.1, 0.15) is 5.75 Å². The lowest BCUT2D eigenvalue weighted by Crippen LogP contribution is -2.19. The Morgan fingerprint density at radius 3 is 2.53 bits per heavy atom. The zero-order valence-electron chi connectivity index (χ0n) is 8.30. The first-order chi connectivity index (χ1) is 6.86. The molecule has 0 bridgehead atoms. The molecule has 1 rings (SSSR count). The fourth-order valence-electron chi connectivity index (χ4n) is 1.24. The van der Waals surface area contributed by atoms with E-state index in [2.05, 4.69) is 0 Å². The van der Waals surface area contributed by atoms with Gasteiger partial charge in [-0.3, -0.25) is 0 Å². The first-order valence-electron chi connectivity index (χ1n) is 4.25. The van der Waals surface area contributed by atoms with Crippen LogP contribution in [-0.2, 0) is 0 Å². The van der Waals surface area contributed by atoms with E-state index in [4.69, 9.17) is 16.3 Å². The summed E-state index contributed by atoms with van der Waals surface area (Å²) in [6, 6.07) is 4.62. The first-order valence-corrected chi connectivity index (χ1v) is 4.63. The SMILES string of the molecule is COc1ccc(C)cc1C(O)C(F)(F)Cl. The molecule has 0 saturated carbocycles. The van der Waals surface area contributed by atoms with Crippen molar-refractivity contribution in [3.8, 4) is 5.75 Å². The van der Waals surface area contributed by atoms with Gasteiger partial charge in [0.05, 0.1) is 7.11 Å². The molecule has 1 aromatic carbocycles. The summed E-state index contributed by atoms with van der Waals surface area (Å²) in [4.78, 5) is 0. The normalized spacial score (nSPS) is 13.7. The molecule has 1 aromatic rings. The van der Waals surface area contributed by atoms with Crippen LogP contribution in [0.15, 0.2) is 18.2 Å². The maximum absolute atomic E-state index is 12.7. The average molecular weight is 237 g/mol. The Balaban J connectivity index is 3.17. The lowest BCUT2D eigenvalue weighted by Gasteiger charge is -2.19. The third-order valence-corrected chi connectivity index (χ3v) is 2.20. The highest BCUT2D eigenvalue weighted by molar-refractivity contribution is 6.22. The molecule has 0 aromatic heterocycles. The van der Waals surface area contributed by atoms with Crippen molar-refractivity contribution in [2.75, 3.05) is 7.11 Å². The van der Waals surface area contributed by atoms with E-state index in [1.165, 1.54) is 19.2 Å². The van der Waals surface area contributed by atoms with Crippen LogP contribution in [0.1, 0.15) is 17.2 Å². The number of hydrogen-bond acceptors (Lipinski definition) is 2. The predicted molar refractivity (Wildman–Crippen MR) is 53.5 cm³/mol. The van der Waals surface area contributed by atoms with Crippen LogP contribution >= 0.6 is 11.6 Å². The van der Waals surface area contributed by atoms with Gasteiger partial charge in [-0.15, -0.1) is 0 Å². The smallest absolute Gasteiger partial charge is 0.351 e. The van der Waals surface area contributed by atoms with E-state index in [9.17, 15) is 13.9 Å². The van der Waals surface area contributed by atoms with Crippen LogP contribution in [0.25, 0.3) is 0 Å². The third kappa shape index (κ3) is 2.79. The van der Waals surface area contributed by atoms with Crippen LogP contribution < -0.4 is 4.74 Å². The topological polar surface area (TPSA) is 29.5 Å². The fourth-order valence-corrected chi connectivity index (χ4v) is 1.36. The van der Waals surface area contributed by atoms with Gasteiger partial charge in [-0.05, 0) is 30.7 Å². The number of aliphatic hydroxyl groups is 1. The molecule has 0 aliphatic rings. The van der Waals surface area contributed by atoms with Crippen molar-refractivity contribution in [2.45, 2.75) is 18.4 Å². The number of aryl methyl sites for hydroxylation is 1. The maximum atomic E-state index is 12.7. The third-order valence-electron chi connectivity index (χ3n) is 1.99. The van der Waals surface area contributed by atoms with Gasteiger partial charge in [0, 0.05) is 5.56 Å². The van der Waals surface area contributed by atoms with E-state index in [1.807, 2.05) is 0 Å². The number of benzene rings is 1. The summed E-state index contributed by atoms with van der Waals surface area (Å²) >= 11 is 4.76. The summed E-state index contributed by atoms with van der Waals surface area (Å²) < 4.78 is 30.3. The molecule has 2 nitrogen and oxygen atoms in total. The van der Waals surface area contributed by atoms with Crippen molar-refractivity contribution in [1.82, 2.24) is 0 Å². The monoisotopic (exact) mass is 236 g/mol. The Morgan fingerprint density at radius 2 is 2.07 bits per heavy atom. The molecular weight excluding hydrogens is 226 g/mol. The number of halogens is 3. The average Bonchev–Trinajstić information content (AvgIpc) is 2.15. The lowest BCUT2D eigenvalue weighted by atomic mass is 10.1. The largest absolute Gasteiger partial charge is 0.496 e. The van der Waals surface area contributed by atoms with E-state index >= 15 is 0 Å². The molecule has 0 spiro atoms. The van der Waals surface area contributed by atoms with Crippen molar-refractivity contribution >= 4 is 11.6 Å². The Morgan fingerprint density at radius 1 is 1.47 bits per heavy atom. The van der Waals surface area contributed by atoms with Crippen LogP contribution in [0, 0.1) is 6.92 Å². The van der Waals surface area contributed by atoms with Gasteiger partial charge >= 0.3 is 5.38 Å². The van der Waals surface area contributed by atoms with Crippen molar-refractivity contribution in [3.63, 3.8) is 0 Å². The summed E-state index contributed by atoms with van der Waals surface area (Å²) in [5.74, 6) is 0.188. The maximum Gasteiger partial charge on any atom is 0.351 e. The number of aliphatic hydroxyl groups excluding tert-OH is 1. The number of alkyl halides is 3. The van der Waals surface area contributed by atoms with Gasteiger partial charge in [0.25, 0.3) is 0 Å². The summed E-state index contributed by atoms with van der Waals surface area (Å²) in [7, 11) is 1.34. The van der Waals surface area contributed by atoms with E-state index in [0.717, 1.165) is 5.56 Å². The Bertz CT molecular complexity index is 350. The van der Waals surface area contributed by atoms with Gasteiger partial charge in [0.2, 0.25) is 0 Å². The highest BCUT2D eigenvalue weighted by atomic mass is 35.5. The second-order valence-electron chi connectivity index (χ2n) is 3.19. The first kappa shape index (κ1) is 12.2. The quantitative estimate of drug-likeness (QED) is 0.818. The molecule has 84 valence electrons. The summed E-state index contributed by atoms with van der Waals surface area (Å²) in [5, 5.41) is 5.62. The van der Waals surface area contributed by atoms with Crippen molar-refractivity contribution in [1.29, 1.82) is 0 Å². The second kappa shape index (κ2) is 4.33. The Hall–Kier alpha value is -0.870. The highest BCUT2D eigenvalue weighted by Gasteiger charge is 2.38. The number of methoxy groups -OCH3 is 1. The van der Waals surface area contributed by atoms with Gasteiger partial charge in [-0.1, -0.05) is 11.6 Å². The summed E-state index contributed by atoms with van der Waals surface area (Å²) in [5.41, 5.74) is 0.725. The minimum Gasteiger partial charge on any atom is -0.496 e. The minimum atomic E-state index is -3.71. The van der Waals surface area contributed by atoms with Gasteiger partial charge in [-0.2, -0.15) is 8.78 Å². The standard InChI is InChI=1S/C10H11ClF2O2/c1-6-3-4-8(15-2)7(5-6)9(14)10(11,12)13/h3-5,9,14H,1-2H3. The number of rotatable bonds is 3. The van der Waals surface area contributed by atoms with Crippen molar-refractivity contribution in [2.24, 2.45) is 0 Å². The fraction of sp³-hybridized carbons (Fsp3) is 0.400. The number of hydrogen-bond donors (Lipinski definition) is 1. The van der Waals surface area contributed by atoms with Gasteiger partial charge in [-0.25, -0.2) is 0 Å². The molecule has 0 aliphatic carbocycles. The van der Waals surface area contributed by atoms with Crippen LogP contribution in [0.4, 0.5) is 8.78 Å². The van der Waals surface area contributed by atoms with Crippen LogP contribution in [0.5, 0.6) is 5.75 Å². The molecular formula is C10H11ClF2O2. The highest BCUT2D eigenvalue weighted by Crippen LogP contribution is 2.38. The van der Waals surface area contributed by atoms with Crippen molar-refractivity contribution in [3.05, 3.63) is 29.3 Å². The van der Waals surface area contributed by atoms with Crippen LogP contribution in [-0.4, -0.2) is 17.6 Å². The molecule has 1 N–H and O–H groups in total. The zero-order valence-corrected chi connectivity index (χ0v) is 9.05. The minimum absolute atomic E-state index is 0.0162. The molecule has 0 amide bonds. The van der Waals surface area contributed by atoms with E-state index in [1.54, 1.807) is 13.0 Å². The van der Waals surface area contributed by atoms with Gasteiger partial charge in [0.15, 0.2) is 6.10 Å². The van der Waals surface area contributed by atoms with E-state index < -0.39 is 11.5 Å². The molecule has 1 atom stereocenters. The second-order valence-corrected chi connectivity index (χ2v) is 3.69. The summed E-state index contributed by atoms with van der Waals surface area (Å²) in [6.07, 6.45) is -2.07. The zero-order chi connectivity index (χ0) is 11.6. The molecule has 0 saturated heterocycles. The Kier molecular flexibility index (Phi) is 3.52. The Labute approximate surface area is 91.4 Å². The molecule has 1 unspecified atom stereocenters. The molecule has 0 aliphatic heterocycles. The molecule has 0 radical (unpaired) electrons. The van der Waals surface area contributed by atoms with E-state index in [-0.39, 0.29) is 11.3 Å². The summed E-state index contributed by atoms with van der Waals surface area (Å²) in [6.45, 7) is 1.72. The molecule has 5 heteroatoms.